The minimum Gasteiger partial charge on any atom is -0.493 e. The van der Waals surface area contributed by atoms with Crippen LogP contribution in [0.4, 0.5) is 0 Å². The van der Waals surface area contributed by atoms with Gasteiger partial charge in [0.05, 0.1) is 19.8 Å². The zero-order valence-electron chi connectivity index (χ0n) is 18.6. The maximum atomic E-state index is 12.6. The van der Waals surface area contributed by atoms with Crippen LogP contribution in [-0.4, -0.2) is 19.6 Å². The number of ether oxygens (including phenoxy) is 3. The Hall–Kier alpha value is -3.44. The van der Waals surface area contributed by atoms with Crippen molar-refractivity contribution in [3.05, 3.63) is 94.0 Å². The lowest BCUT2D eigenvalue weighted by atomic mass is 9.98. The van der Waals surface area contributed by atoms with Gasteiger partial charge in [-0.3, -0.25) is 4.79 Å². The first-order valence-corrected chi connectivity index (χ1v) is 11.2. The molecule has 0 spiro atoms. The van der Waals surface area contributed by atoms with E-state index in [0.717, 1.165) is 34.4 Å². The first kappa shape index (κ1) is 22.7. The minimum atomic E-state index is -0.156. The van der Waals surface area contributed by atoms with Crippen LogP contribution in [0, 0.1) is 6.92 Å². The summed E-state index contributed by atoms with van der Waals surface area (Å²) in [5.41, 5.74) is 4.00. The lowest BCUT2D eigenvalue weighted by molar-refractivity contribution is -0.117. The van der Waals surface area contributed by atoms with Crippen LogP contribution in [0.1, 0.15) is 34.7 Å². The van der Waals surface area contributed by atoms with Gasteiger partial charge in [-0.25, -0.2) is 0 Å². The van der Waals surface area contributed by atoms with Crippen molar-refractivity contribution in [3.63, 3.8) is 0 Å². The number of hydrogen-bond donors (Lipinski definition) is 1. The van der Waals surface area contributed by atoms with E-state index in [1.54, 1.807) is 13.2 Å². The Labute approximate surface area is 198 Å². The molecule has 4 rings (SSSR count). The van der Waals surface area contributed by atoms with Crippen molar-refractivity contribution in [2.45, 2.75) is 26.0 Å². The Kier molecular flexibility index (Phi) is 7.20. The van der Waals surface area contributed by atoms with E-state index in [9.17, 15) is 4.79 Å². The summed E-state index contributed by atoms with van der Waals surface area (Å²) in [6, 6.07) is 19.0. The third-order valence-electron chi connectivity index (χ3n) is 5.44. The molecule has 0 bridgehead atoms. The number of rotatable bonds is 7. The quantitative estimate of drug-likeness (QED) is 0.444. The fraction of sp³-hybridized carbons (Fsp3) is 0.222. The summed E-state index contributed by atoms with van der Waals surface area (Å²) < 4.78 is 17.1. The SMILES string of the molecule is COc1cc(/C=C/C(=O)NC2CCOc3ccc(C)cc32)ccc1OCc1ccc(Cl)cc1. The van der Waals surface area contributed by atoms with Crippen LogP contribution in [0.5, 0.6) is 17.2 Å². The number of benzene rings is 3. The summed E-state index contributed by atoms with van der Waals surface area (Å²) in [5, 5.41) is 3.77. The molecule has 1 aliphatic rings. The molecule has 0 saturated carbocycles. The van der Waals surface area contributed by atoms with E-state index in [1.165, 1.54) is 6.08 Å². The molecule has 170 valence electrons. The Morgan fingerprint density at radius 2 is 1.94 bits per heavy atom. The Bertz CT molecular complexity index is 1160. The van der Waals surface area contributed by atoms with Crippen molar-refractivity contribution in [1.29, 1.82) is 0 Å². The van der Waals surface area contributed by atoms with Crippen LogP contribution >= 0.6 is 11.6 Å². The van der Waals surface area contributed by atoms with E-state index < -0.39 is 0 Å². The zero-order chi connectivity index (χ0) is 23.2. The maximum absolute atomic E-state index is 12.6. The van der Waals surface area contributed by atoms with Gasteiger partial charge in [0.15, 0.2) is 11.5 Å². The molecule has 0 saturated heterocycles. The molecule has 1 amide bonds. The third kappa shape index (κ3) is 5.88. The van der Waals surface area contributed by atoms with E-state index in [2.05, 4.69) is 11.4 Å². The number of halogens is 1. The predicted octanol–water partition coefficient (Wildman–Crippen LogP) is 5.89. The van der Waals surface area contributed by atoms with Crippen LogP contribution in [0.3, 0.4) is 0 Å². The van der Waals surface area contributed by atoms with Crippen molar-refractivity contribution in [2.75, 3.05) is 13.7 Å². The average molecular weight is 464 g/mol. The lowest BCUT2D eigenvalue weighted by Crippen LogP contribution is -2.31. The molecule has 3 aromatic carbocycles. The summed E-state index contributed by atoms with van der Waals surface area (Å²) in [5.74, 6) is 1.90. The van der Waals surface area contributed by atoms with E-state index in [1.807, 2.05) is 61.5 Å². The van der Waals surface area contributed by atoms with E-state index in [-0.39, 0.29) is 11.9 Å². The first-order valence-electron chi connectivity index (χ1n) is 10.8. The Morgan fingerprint density at radius 3 is 2.73 bits per heavy atom. The highest BCUT2D eigenvalue weighted by atomic mass is 35.5. The second-order valence-electron chi connectivity index (χ2n) is 7.90. The van der Waals surface area contributed by atoms with Crippen LogP contribution in [-0.2, 0) is 11.4 Å². The van der Waals surface area contributed by atoms with Crippen molar-refractivity contribution in [2.24, 2.45) is 0 Å². The molecule has 1 unspecified atom stereocenters. The number of amides is 1. The molecule has 1 atom stereocenters. The van der Waals surface area contributed by atoms with Gasteiger partial charge in [-0.05, 0) is 54.5 Å². The smallest absolute Gasteiger partial charge is 0.244 e. The Balaban J connectivity index is 1.39. The third-order valence-corrected chi connectivity index (χ3v) is 5.70. The predicted molar refractivity (Wildman–Crippen MR) is 130 cm³/mol. The maximum Gasteiger partial charge on any atom is 0.244 e. The molecule has 0 aliphatic carbocycles. The molecule has 1 heterocycles. The zero-order valence-corrected chi connectivity index (χ0v) is 19.4. The monoisotopic (exact) mass is 463 g/mol. The molecule has 6 heteroatoms. The summed E-state index contributed by atoms with van der Waals surface area (Å²) >= 11 is 5.93. The number of nitrogens with one attached hydrogen (secondary N) is 1. The van der Waals surface area contributed by atoms with Gasteiger partial charge in [-0.15, -0.1) is 0 Å². The second kappa shape index (κ2) is 10.5. The van der Waals surface area contributed by atoms with E-state index >= 15 is 0 Å². The van der Waals surface area contributed by atoms with Gasteiger partial charge in [0, 0.05) is 23.1 Å². The van der Waals surface area contributed by atoms with Gasteiger partial charge < -0.3 is 19.5 Å². The molecule has 3 aromatic rings. The Morgan fingerprint density at radius 1 is 1.12 bits per heavy atom. The number of carbonyl (C=O) groups is 1. The average Bonchev–Trinajstić information content (AvgIpc) is 2.83. The van der Waals surface area contributed by atoms with E-state index in [4.69, 9.17) is 25.8 Å². The summed E-state index contributed by atoms with van der Waals surface area (Å²) in [7, 11) is 1.59. The van der Waals surface area contributed by atoms with Crippen molar-refractivity contribution in [3.8, 4) is 17.2 Å². The topological polar surface area (TPSA) is 56.8 Å². The fourth-order valence-corrected chi connectivity index (χ4v) is 3.83. The molecule has 33 heavy (non-hydrogen) atoms. The lowest BCUT2D eigenvalue weighted by Gasteiger charge is -2.26. The number of hydrogen-bond acceptors (Lipinski definition) is 4. The molecular weight excluding hydrogens is 438 g/mol. The normalized spacial score (nSPS) is 14.9. The minimum absolute atomic E-state index is 0.0658. The molecule has 1 N–H and O–H groups in total. The summed E-state index contributed by atoms with van der Waals surface area (Å²) in [4.78, 5) is 12.6. The largest absolute Gasteiger partial charge is 0.493 e. The number of carbonyl (C=O) groups excluding carboxylic acids is 1. The van der Waals surface area contributed by atoms with Crippen molar-refractivity contribution in [1.82, 2.24) is 5.32 Å². The standard InChI is InChI=1S/C27H26ClNO4/c1-18-3-10-24-22(15-18)23(13-14-32-24)29-27(30)12-7-19-6-11-25(26(16-19)31-2)33-17-20-4-8-21(28)9-5-20/h3-12,15-16,23H,13-14,17H2,1-2H3,(H,29,30)/b12-7+. The molecule has 1 aliphatic heterocycles. The number of aryl methyl sites for hydroxylation is 1. The van der Waals surface area contributed by atoms with Crippen LogP contribution < -0.4 is 19.5 Å². The van der Waals surface area contributed by atoms with Gasteiger partial charge in [0.25, 0.3) is 0 Å². The van der Waals surface area contributed by atoms with Gasteiger partial charge >= 0.3 is 0 Å². The van der Waals surface area contributed by atoms with Gasteiger partial charge in [-0.2, -0.15) is 0 Å². The highest BCUT2D eigenvalue weighted by Gasteiger charge is 2.22. The van der Waals surface area contributed by atoms with Gasteiger partial charge in [0.2, 0.25) is 5.91 Å². The summed E-state index contributed by atoms with van der Waals surface area (Å²) in [6.07, 6.45) is 4.04. The van der Waals surface area contributed by atoms with Crippen LogP contribution in [0.25, 0.3) is 6.08 Å². The van der Waals surface area contributed by atoms with Crippen LogP contribution in [0.15, 0.2) is 66.7 Å². The summed E-state index contributed by atoms with van der Waals surface area (Å²) in [6.45, 7) is 3.01. The van der Waals surface area contributed by atoms with Gasteiger partial charge in [0.1, 0.15) is 12.4 Å². The van der Waals surface area contributed by atoms with Crippen molar-refractivity contribution >= 4 is 23.6 Å². The number of methoxy groups -OCH3 is 1. The molecule has 0 aromatic heterocycles. The highest BCUT2D eigenvalue weighted by molar-refractivity contribution is 6.30. The second-order valence-corrected chi connectivity index (χ2v) is 8.33. The fourth-order valence-electron chi connectivity index (χ4n) is 3.70. The molecule has 0 radical (unpaired) electrons. The molecule has 5 nitrogen and oxygen atoms in total. The number of fused-ring (bicyclic) bond motifs is 1. The molecule has 0 fully saturated rings. The van der Waals surface area contributed by atoms with Crippen molar-refractivity contribution < 1.29 is 19.0 Å². The van der Waals surface area contributed by atoms with Crippen LogP contribution in [0.2, 0.25) is 5.02 Å². The highest BCUT2D eigenvalue weighted by Crippen LogP contribution is 2.33. The van der Waals surface area contributed by atoms with Gasteiger partial charge in [-0.1, -0.05) is 47.5 Å². The molecular formula is C27H26ClNO4. The van der Waals surface area contributed by atoms with E-state index in [0.29, 0.717) is 29.7 Å². The first-order chi connectivity index (χ1) is 16.0.